The molecule has 2 aliphatic rings. The summed E-state index contributed by atoms with van der Waals surface area (Å²) >= 11 is 1.86. The second kappa shape index (κ2) is 8.42. The molecule has 7 rings (SSSR count). The molecule has 0 spiro atoms. The van der Waals surface area contributed by atoms with Crippen LogP contribution in [0.1, 0.15) is 45.2 Å². The predicted octanol–water partition coefficient (Wildman–Crippen LogP) is 8.79. The van der Waals surface area contributed by atoms with Crippen molar-refractivity contribution in [3.8, 4) is 10.4 Å². The summed E-state index contributed by atoms with van der Waals surface area (Å²) in [4.78, 5) is 20.0. The third-order valence-corrected chi connectivity index (χ3v) is 8.88. The Morgan fingerprint density at radius 3 is 2.46 bits per heavy atom. The van der Waals surface area contributed by atoms with E-state index in [9.17, 15) is 0 Å². The molecule has 0 saturated carbocycles. The number of hydrogen-bond donors (Lipinski definition) is 0. The molecule has 0 atom stereocenters. The maximum absolute atomic E-state index is 5.01. The lowest BCUT2D eigenvalue weighted by atomic mass is 9.94. The van der Waals surface area contributed by atoms with E-state index >= 15 is 0 Å². The van der Waals surface area contributed by atoms with Crippen LogP contribution >= 0.6 is 11.3 Å². The van der Waals surface area contributed by atoms with Crippen molar-refractivity contribution in [2.45, 2.75) is 40.5 Å². The van der Waals surface area contributed by atoms with E-state index in [1.807, 2.05) is 23.7 Å². The lowest BCUT2D eigenvalue weighted by molar-refractivity contribution is 0.872. The van der Waals surface area contributed by atoms with E-state index in [0.29, 0.717) is 11.8 Å². The molecule has 4 nitrogen and oxygen atoms in total. The third-order valence-electron chi connectivity index (χ3n) is 7.74. The highest BCUT2D eigenvalue weighted by molar-refractivity contribution is 7.22. The number of hydrogen-bond acceptors (Lipinski definition) is 5. The van der Waals surface area contributed by atoms with Gasteiger partial charge in [0.1, 0.15) is 11.8 Å². The first-order valence-electron chi connectivity index (χ1n) is 13.0. The number of allylic oxidation sites excluding steroid dienone is 1. The molecule has 0 radical (unpaired) electrons. The minimum absolute atomic E-state index is 0.422. The van der Waals surface area contributed by atoms with Gasteiger partial charge in [-0.05, 0) is 68.5 Å². The summed E-state index contributed by atoms with van der Waals surface area (Å²) in [7, 11) is 0. The molecule has 5 aromatic rings. The van der Waals surface area contributed by atoms with Gasteiger partial charge in [0.2, 0.25) is 0 Å². The van der Waals surface area contributed by atoms with Crippen LogP contribution in [-0.2, 0) is 6.42 Å². The minimum Gasteiger partial charge on any atom is -0.265 e. The van der Waals surface area contributed by atoms with E-state index in [2.05, 4.69) is 85.1 Å². The van der Waals surface area contributed by atoms with Gasteiger partial charge in [-0.15, -0.1) is 11.3 Å². The fourth-order valence-corrected chi connectivity index (χ4v) is 6.61. The second-order valence-corrected chi connectivity index (χ2v) is 11.9. The Labute approximate surface area is 220 Å². The molecule has 3 aromatic carbocycles. The molecule has 5 heteroatoms. The standard InChI is InChI=1S/C32H28N4S/c1-17(2)27-10-22(14-34-27)19-5-6-21-12-30(37-29(21)11-19)20-7-8-23-24(9-20)26-15-33-16-35-31(26)32-25(23)13-28(36-32)18(3)4/h5-9,11-12,14-18H,10,13H2,1-4H3. The Bertz CT molecular complexity index is 1830. The number of thiophene rings is 1. The Kier molecular flexibility index (Phi) is 5.12. The first kappa shape index (κ1) is 22.5. The average Bonchev–Trinajstić information content (AvgIpc) is 3.66. The van der Waals surface area contributed by atoms with Gasteiger partial charge in [-0.2, -0.15) is 0 Å². The zero-order chi connectivity index (χ0) is 25.3. The lowest BCUT2D eigenvalue weighted by Gasteiger charge is -2.11. The summed E-state index contributed by atoms with van der Waals surface area (Å²) in [6.45, 7) is 8.87. The Hall–Kier alpha value is -3.70. The predicted molar refractivity (Wildman–Crippen MR) is 158 cm³/mol. The molecule has 0 aliphatic carbocycles. The zero-order valence-corrected chi connectivity index (χ0v) is 22.4. The molecule has 37 heavy (non-hydrogen) atoms. The molecule has 0 saturated heterocycles. The fourth-order valence-electron chi connectivity index (χ4n) is 5.52. The fraction of sp³-hybridized carbons (Fsp3) is 0.250. The van der Waals surface area contributed by atoms with E-state index < -0.39 is 0 Å². The van der Waals surface area contributed by atoms with Crippen LogP contribution in [-0.4, -0.2) is 21.4 Å². The van der Waals surface area contributed by atoms with E-state index in [0.717, 1.165) is 29.4 Å². The summed E-state index contributed by atoms with van der Waals surface area (Å²) in [5.74, 6) is 0.913. The monoisotopic (exact) mass is 500 g/mol. The summed E-state index contributed by atoms with van der Waals surface area (Å²) in [6.07, 6.45) is 7.48. The van der Waals surface area contributed by atoms with Crippen molar-refractivity contribution in [1.29, 1.82) is 0 Å². The van der Waals surface area contributed by atoms with Gasteiger partial charge in [0, 0.05) is 51.6 Å². The highest BCUT2D eigenvalue weighted by Gasteiger charge is 2.24. The van der Waals surface area contributed by atoms with E-state index in [-0.39, 0.29) is 0 Å². The first-order valence-corrected chi connectivity index (χ1v) is 13.8. The quantitative estimate of drug-likeness (QED) is 0.232. The number of aliphatic imine (C=N–C) groups is 2. The van der Waals surface area contributed by atoms with Gasteiger partial charge in [0.25, 0.3) is 0 Å². The molecule has 0 unspecified atom stereocenters. The van der Waals surface area contributed by atoms with Gasteiger partial charge in [-0.1, -0.05) is 52.0 Å². The molecule has 182 valence electrons. The van der Waals surface area contributed by atoms with Gasteiger partial charge < -0.3 is 0 Å². The van der Waals surface area contributed by atoms with Crippen molar-refractivity contribution in [2.75, 3.05) is 0 Å². The SMILES string of the molecule is CC(C)C1=NC=C(c2ccc3cc(-c4ccc5c6c(c7ncncc7c5c4)N=C(C(C)C)C6)sc3c2)C1. The topological polar surface area (TPSA) is 50.5 Å². The largest absolute Gasteiger partial charge is 0.265 e. The second-order valence-electron chi connectivity index (χ2n) is 10.8. The Balaban J connectivity index is 1.31. The zero-order valence-electron chi connectivity index (χ0n) is 21.5. The smallest absolute Gasteiger partial charge is 0.116 e. The van der Waals surface area contributed by atoms with Crippen LogP contribution in [0.25, 0.3) is 47.8 Å². The molecule has 0 N–H and O–H groups in total. The Morgan fingerprint density at radius 2 is 1.65 bits per heavy atom. The van der Waals surface area contributed by atoms with Crippen molar-refractivity contribution in [1.82, 2.24) is 9.97 Å². The maximum Gasteiger partial charge on any atom is 0.116 e. The molecular weight excluding hydrogens is 472 g/mol. The summed E-state index contributed by atoms with van der Waals surface area (Å²) in [5.41, 5.74) is 9.61. The molecule has 0 bridgehead atoms. The van der Waals surface area contributed by atoms with Crippen molar-refractivity contribution < 1.29 is 0 Å². The van der Waals surface area contributed by atoms with Crippen molar-refractivity contribution in [3.05, 3.63) is 72.3 Å². The van der Waals surface area contributed by atoms with Crippen LogP contribution in [0.2, 0.25) is 0 Å². The van der Waals surface area contributed by atoms with Crippen LogP contribution in [0.15, 0.2) is 71.2 Å². The number of fused-ring (bicyclic) bond motifs is 7. The molecule has 2 aliphatic heterocycles. The summed E-state index contributed by atoms with van der Waals surface area (Å²) in [6, 6.07) is 16.0. The number of nitrogens with zero attached hydrogens (tertiary/aromatic N) is 4. The van der Waals surface area contributed by atoms with Crippen molar-refractivity contribution in [2.24, 2.45) is 21.8 Å². The average molecular weight is 501 g/mol. The van der Waals surface area contributed by atoms with Gasteiger partial charge >= 0.3 is 0 Å². The number of rotatable bonds is 4. The maximum atomic E-state index is 5.01. The minimum atomic E-state index is 0.422. The van der Waals surface area contributed by atoms with Gasteiger partial charge in [-0.3, -0.25) is 9.98 Å². The van der Waals surface area contributed by atoms with Crippen LogP contribution in [0, 0.1) is 11.8 Å². The van der Waals surface area contributed by atoms with Crippen LogP contribution < -0.4 is 0 Å². The van der Waals surface area contributed by atoms with Crippen LogP contribution in [0.3, 0.4) is 0 Å². The molecule has 2 aromatic heterocycles. The molecular formula is C32H28N4S. The van der Waals surface area contributed by atoms with E-state index in [1.54, 1.807) is 6.33 Å². The van der Waals surface area contributed by atoms with Crippen molar-refractivity contribution in [3.63, 3.8) is 0 Å². The lowest BCUT2D eigenvalue weighted by Crippen LogP contribution is -2.06. The van der Waals surface area contributed by atoms with E-state index in [4.69, 9.17) is 4.99 Å². The van der Waals surface area contributed by atoms with Gasteiger partial charge in [0.15, 0.2) is 0 Å². The highest BCUT2D eigenvalue weighted by Crippen LogP contribution is 2.44. The first-order chi connectivity index (χ1) is 18.0. The molecule has 0 fully saturated rings. The normalized spacial score (nSPS) is 15.2. The third kappa shape index (κ3) is 3.64. The summed E-state index contributed by atoms with van der Waals surface area (Å²) < 4.78 is 1.31. The van der Waals surface area contributed by atoms with Crippen molar-refractivity contribution >= 4 is 65.8 Å². The van der Waals surface area contributed by atoms with Gasteiger partial charge in [-0.25, -0.2) is 9.97 Å². The van der Waals surface area contributed by atoms with Crippen LogP contribution in [0.5, 0.6) is 0 Å². The Morgan fingerprint density at radius 1 is 0.811 bits per heavy atom. The molecule has 4 heterocycles. The van der Waals surface area contributed by atoms with E-state index in [1.165, 1.54) is 59.4 Å². The summed E-state index contributed by atoms with van der Waals surface area (Å²) in [5, 5.41) is 4.83. The van der Waals surface area contributed by atoms with Crippen LogP contribution in [0.4, 0.5) is 5.69 Å². The number of aromatic nitrogens is 2. The van der Waals surface area contributed by atoms with Gasteiger partial charge in [0.05, 0.1) is 5.69 Å². The number of benzene rings is 3. The molecule has 0 amide bonds. The highest BCUT2D eigenvalue weighted by atomic mass is 32.1.